The molecule has 1 saturated carbocycles. The second-order valence-corrected chi connectivity index (χ2v) is 9.00. The summed E-state index contributed by atoms with van der Waals surface area (Å²) in [6.45, 7) is 0. The molecule has 0 aliphatic heterocycles. The molecule has 1 atom stereocenters. The van der Waals surface area contributed by atoms with Gasteiger partial charge in [0.2, 0.25) is 5.43 Å². The number of hydrogen-bond donors (Lipinski definition) is 3. The van der Waals surface area contributed by atoms with Crippen molar-refractivity contribution in [2.24, 2.45) is 0 Å². The molecule has 6 nitrogen and oxygen atoms in total. The van der Waals surface area contributed by atoms with Gasteiger partial charge in [-0.3, -0.25) is 4.79 Å². The fourth-order valence-corrected chi connectivity index (χ4v) is 5.65. The van der Waals surface area contributed by atoms with Crippen LogP contribution in [0.2, 0.25) is 0 Å². The van der Waals surface area contributed by atoms with Gasteiger partial charge in [-0.05, 0) is 54.9 Å². The number of aromatic amines is 1. The maximum absolute atomic E-state index is 12.8. The van der Waals surface area contributed by atoms with Crippen molar-refractivity contribution in [3.8, 4) is 16.2 Å². The average molecular weight is 411 g/mol. The quantitative estimate of drug-likeness (QED) is 0.608. The summed E-state index contributed by atoms with van der Waals surface area (Å²) in [4.78, 5) is 29.5. The van der Waals surface area contributed by atoms with Crippen molar-refractivity contribution in [3.63, 3.8) is 0 Å². The van der Waals surface area contributed by atoms with Crippen LogP contribution in [0.5, 0.6) is 5.75 Å². The number of nitrogens with one attached hydrogen (secondary N) is 1. The van der Waals surface area contributed by atoms with Crippen LogP contribution in [0, 0.1) is 0 Å². The second-order valence-electron chi connectivity index (χ2n) is 7.86. The highest BCUT2D eigenvalue weighted by molar-refractivity contribution is 7.15. The van der Waals surface area contributed by atoms with Gasteiger partial charge >= 0.3 is 5.97 Å². The lowest BCUT2D eigenvalue weighted by atomic mass is 9.94. The van der Waals surface area contributed by atoms with Crippen LogP contribution in [-0.4, -0.2) is 34.4 Å². The first-order valence-corrected chi connectivity index (χ1v) is 10.6. The van der Waals surface area contributed by atoms with E-state index in [1.807, 2.05) is 6.07 Å². The molecule has 0 amide bonds. The van der Waals surface area contributed by atoms with Gasteiger partial charge < -0.3 is 19.9 Å². The number of benzene rings is 1. The Morgan fingerprint density at radius 2 is 2.07 bits per heavy atom. The molecule has 3 N–H and O–H groups in total. The molecule has 2 aliphatic carbocycles. The van der Waals surface area contributed by atoms with E-state index in [0.29, 0.717) is 29.0 Å². The number of thiophene rings is 1. The Morgan fingerprint density at radius 3 is 2.76 bits per heavy atom. The van der Waals surface area contributed by atoms with E-state index in [-0.39, 0.29) is 11.7 Å². The van der Waals surface area contributed by atoms with Gasteiger partial charge in [0.25, 0.3) is 0 Å². The summed E-state index contributed by atoms with van der Waals surface area (Å²) in [6, 6.07) is 4.04. The molecule has 0 spiro atoms. The van der Waals surface area contributed by atoms with Crippen molar-refractivity contribution in [1.82, 2.24) is 4.98 Å². The Labute approximate surface area is 170 Å². The van der Waals surface area contributed by atoms with Gasteiger partial charge in [0.05, 0.1) is 24.1 Å². The summed E-state index contributed by atoms with van der Waals surface area (Å²) in [5.74, 6) is -0.313. The number of ether oxygens (including phenoxy) is 1. The number of fused-ring (bicyclic) bond motifs is 2. The normalized spacial score (nSPS) is 18.6. The molecular weight excluding hydrogens is 390 g/mol. The number of aliphatic hydroxyl groups is 1. The summed E-state index contributed by atoms with van der Waals surface area (Å²) in [6.07, 6.45) is 5.35. The van der Waals surface area contributed by atoms with E-state index in [2.05, 4.69) is 11.1 Å². The van der Waals surface area contributed by atoms with Gasteiger partial charge in [-0.1, -0.05) is 0 Å². The highest BCUT2D eigenvalue weighted by Gasteiger charge is 2.32. The molecule has 7 heteroatoms. The molecular formula is C22H21NO5S. The van der Waals surface area contributed by atoms with Gasteiger partial charge in [0.1, 0.15) is 5.56 Å². The molecule has 2 heterocycles. The molecule has 150 valence electrons. The Hall–Kier alpha value is -2.64. The lowest BCUT2D eigenvalue weighted by Gasteiger charge is -2.16. The number of methoxy groups -OCH3 is 1. The van der Waals surface area contributed by atoms with Crippen LogP contribution < -0.4 is 10.2 Å². The molecule has 5 rings (SSSR count). The van der Waals surface area contributed by atoms with Gasteiger partial charge in [-0.15, -0.1) is 11.3 Å². The van der Waals surface area contributed by atoms with E-state index >= 15 is 0 Å². The molecule has 2 aliphatic rings. The van der Waals surface area contributed by atoms with Crippen molar-refractivity contribution in [3.05, 3.63) is 50.1 Å². The molecule has 0 bridgehead atoms. The Morgan fingerprint density at radius 1 is 1.28 bits per heavy atom. The lowest BCUT2D eigenvalue weighted by Crippen LogP contribution is -2.16. The summed E-state index contributed by atoms with van der Waals surface area (Å²) in [5, 5.41) is 19.7. The van der Waals surface area contributed by atoms with E-state index in [1.165, 1.54) is 16.6 Å². The van der Waals surface area contributed by atoms with Crippen LogP contribution >= 0.6 is 11.3 Å². The summed E-state index contributed by atoms with van der Waals surface area (Å²) in [7, 11) is 1.58. The lowest BCUT2D eigenvalue weighted by molar-refractivity contribution is 0.0695. The highest BCUT2D eigenvalue weighted by Crippen LogP contribution is 2.51. The Kier molecular flexibility index (Phi) is 4.26. The largest absolute Gasteiger partial charge is 0.494 e. The van der Waals surface area contributed by atoms with Crippen LogP contribution in [0.25, 0.3) is 21.3 Å². The number of aryl methyl sites for hydroxylation is 1. The van der Waals surface area contributed by atoms with Gasteiger partial charge in [-0.2, -0.15) is 0 Å². The minimum atomic E-state index is -1.24. The number of H-pyrrole nitrogens is 1. The SMILES string of the molecule is COc1c(-c2cc3c(s2)CC(O)CC3)c(C2CC2)cc2c(=O)c(C(=O)O)c[nH]c12. The average Bonchev–Trinajstić information content (AvgIpc) is 3.46. The summed E-state index contributed by atoms with van der Waals surface area (Å²) in [5.41, 5.74) is 3.06. The fourth-order valence-electron chi connectivity index (χ4n) is 4.30. The molecule has 3 aromatic rings. The summed E-state index contributed by atoms with van der Waals surface area (Å²) >= 11 is 1.68. The predicted octanol–water partition coefficient (Wildman–Crippen LogP) is 3.69. The minimum Gasteiger partial charge on any atom is -0.494 e. The molecule has 2 aromatic heterocycles. The summed E-state index contributed by atoms with van der Waals surface area (Å²) < 4.78 is 5.78. The molecule has 0 saturated heterocycles. The second kappa shape index (κ2) is 6.71. The zero-order valence-corrected chi connectivity index (χ0v) is 16.8. The van der Waals surface area contributed by atoms with Crippen molar-refractivity contribution < 1.29 is 19.7 Å². The molecule has 1 fully saturated rings. The van der Waals surface area contributed by atoms with Crippen LogP contribution in [0.4, 0.5) is 0 Å². The first kappa shape index (κ1) is 18.4. The third-order valence-corrected chi connectivity index (χ3v) is 7.14. The van der Waals surface area contributed by atoms with Gasteiger partial charge in [-0.25, -0.2) is 4.79 Å². The number of carbonyl (C=O) groups is 1. The zero-order valence-electron chi connectivity index (χ0n) is 15.9. The predicted molar refractivity (Wildman–Crippen MR) is 111 cm³/mol. The molecule has 1 unspecified atom stereocenters. The van der Waals surface area contributed by atoms with E-state index in [9.17, 15) is 19.8 Å². The van der Waals surface area contributed by atoms with Gasteiger partial charge in [0.15, 0.2) is 5.75 Å². The van der Waals surface area contributed by atoms with E-state index in [0.717, 1.165) is 41.7 Å². The topological polar surface area (TPSA) is 99.6 Å². The zero-order chi connectivity index (χ0) is 20.3. The van der Waals surface area contributed by atoms with Crippen molar-refractivity contribution in [2.75, 3.05) is 7.11 Å². The number of pyridine rings is 1. The van der Waals surface area contributed by atoms with Gasteiger partial charge in [0, 0.05) is 27.9 Å². The number of carboxylic acid groups (broad SMARTS) is 1. The number of hydrogen-bond acceptors (Lipinski definition) is 5. The van der Waals surface area contributed by atoms with E-state index in [4.69, 9.17) is 4.74 Å². The third kappa shape index (κ3) is 2.96. The monoisotopic (exact) mass is 411 g/mol. The highest BCUT2D eigenvalue weighted by atomic mass is 32.1. The van der Waals surface area contributed by atoms with Crippen molar-refractivity contribution in [1.29, 1.82) is 0 Å². The number of carboxylic acids is 1. The Balaban J connectivity index is 1.79. The first-order valence-electron chi connectivity index (χ1n) is 9.77. The maximum Gasteiger partial charge on any atom is 0.341 e. The number of aliphatic hydroxyl groups excluding tert-OH is 1. The van der Waals surface area contributed by atoms with Crippen LogP contribution in [-0.2, 0) is 12.8 Å². The number of rotatable bonds is 4. The maximum atomic E-state index is 12.8. The minimum absolute atomic E-state index is 0.269. The van der Waals surface area contributed by atoms with Crippen LogP contribution in [0.15, 0.2) is 23.1 Å². The molecule has 0 radical (unpaired) electrons. The van der Waals surface area contributed by atoms with Crippen molar-refractivity contribution in [2.45, 2.75) is 44.1 Å². The van der Waals surface area contributed by atoms with Crippen LogP contribution in [0.1, 0.15) is 51.5 Å². The number of aromatic nitrogens is 1. The Bertz CT molecular complexity index is 1200. The van der Waals surface area contributed by atoms with Crippen LogP contribution in [0.3, 0.4) is 0 Å². The third-order valence-electron chi connectivity index (χ3n) is 5.92. The first-order chi connectivity index (χ1) is 14.0. The molecule has 1 aromatic carbocycles. The molecule has 29 heavy (non-hydrogen) atoms. The standard InChI is InChI=1S/C22H21NO5S/c1-28-21-18(17-6-11-4-5-12(24)7-16(11)29-17)13(10-2-3-10)8-14-19(21)23-9-15(20(14)25)22(26)27/h6,8-10,12,24H,2-5,7H2,1H3,(H,23,25)(H,26,27). The van der Waals surface area contributed by atoms with E-state index < -0.39 is 11.4 Å². The number of aromatic carboxylic acids is 1. The smallest absolute Gasteiger partial charge is 0.341 e. The fraction of sp³-hybridized carbons (Fsp3) is 0.364. The van der Waals surface area contributed by atoms with E-state index in [1.54, 1.807) is 18.4 Å². The van der Waals surface area contributed by atoms with Crippen molar-refractivity contribution >= 4 is 28.2 Å².